The molecule has 1 N–H and O–H groups in total. The van der Waals surface area contributed by atoms with Gasteiger partial charge in [0.05, 0.1) is 44.5 Å². The molecule has 0 spiro atoms. The van der Waals surface area contributed by atoms with Crippen LogP contribution < -0.4 is 14.4 Å². The molecule has 1 atom stereocenters. The van der Waals surface area contributed by atoms with Gasteiger partial charge in [0.2, 0.25) is 5.78 Å². The number of Topliss-reactive ketones (excluding diaryl/α,β-unsaturated/α-hetero) is 1. The number of aliphatic hydroxyl groups is 1. The Morgan fingerprint density at radius 3 is 2.39 bits per heavy atom. The zero-order chi connectivity index (χ0) is 28.7. The van der Waals surface area contributed by atoms with Crippen LogP contribution in [-0.4, -0.2) is 33.9 Å². The molecule has 1 unspecified atom stereocenters. The summed E-state index contributed by atoms with van der Waals surface area (Å²) in [6, 6.07) is 21.6. The van der Waals surface area contributed by atoms with Crippen molar-refractivity contribution in [1.82, 2.24) is 9.97 Å². The molecule has 1 aliphatic rings. The molecule has 0 saturated heterocycles. The first-order valence-electron chi connectivity index (χ1n) is 12.8. The number of hydrogen-bond donors (Lipinski definition) is 1. The molecule has 0 aliphatic carbocycles. The normalized spacial score (nSPS) is 15.1. The summed E-state index contributed by atoms with van der Waals surface area (Å²) in [5.74, 6) is -0.412. The fourth-order valence-electron chi connectivity index (χ4n) is 4.82. The van der Waals surface area contributed by atoms with Gasteiger partial charge < -0.3 is 14.6 Å². The molecule has 2 aromatic heterocycles. The number of anilines is 1. The summed E-state index contributed by atoms with van der Waals surface area (Å²) < 4.78 is 12.1. The molecular weight excluding hydrogens is 558 g/mol. The molecule has 0 bridgehead atoms. The van der Waals surface area contributed by atoms with Gasteiger partial charge in [0.15, 0.2) is 10.9 Å². The van der Waals surface area contributed by atoms with E-state index in [0.717, 1.165) is 15.3 Å². The van der Waals surface area contributed by atoms with Gasteiger partial charge >= 0.3 is 0 Å². The smallest absolute Gasteiger partial charge is 0.296 e. The molecule has 8 nitrogen and oxygen atoms in total. The van der Waals surface area contributed by atoms with Crippen LogP contribution >= 0.6 is 22.7 Å². The van der Waals surface area contributed by atoms with Gasteiger partial charge in [-0.25, -0.2) is 9.97 Å². The lowest BCUT2D eigenvalue weighted by Crippen LogP contribution is -2.31. The number of aromatic nitrogens is 2. The maximum absolute atomic E-state index is 13.9. The lowest BCUT2D eigenvalue weighted by molar-refractivity contribution is -0.117. The zero-order valence-electron chi connectivity index (χ0n) is 22.5. The van der Waals surface area contributed by atoms with E-state index >= 15 is 0 Å². The molecule has 3 aromatic carbocycles. The highest BCUT2D eigenvalue weighted by atomic mass is 32.1. The third-order valence-electron chi connectivity index (χ3n) is 6.80. The van der Waals surface area contributed by atoms with Crippen molar-refractivity contribution < 1.29 is 24.2 Å². The van der Waals surface area contributed by atoms with Crippen LogP contribution in [0.1, 0.15) is 37.5 Å². The lowest BCUT2D eigenvalue weighted by Gasteiger charge is -2.24. The minimum Gasteiger partial charge on any atom is -0.503 e. The van der Waals surface area contributed by atoms with Crippen molar-refractivity contribution in [2.24, 2.45) is 0 Å². The maximum Gasteiger partial charge on any atom is 0.296 e. The zero-order valence-corrected chi connectivity index (χ0v) is 24.1. The standard InChI is InChI=1S/C31H25N3O5S2/c1-17-29(40-18(2)32-17)27(35)25-26(20-9-11-21(12-10-20)39-16-19-7-5-4-6-8-19)34(30(37)28(25)36)31-33-23-14-13-22(38-3)15-24(23)41-31/h4-15,26,36H,16H2,1-3H3. The summed E-state index contributed by atoms with van der Waals surface area (Å²) in [5, 5.41) is 12.2. The highest BCUT2D eigenvalue weighted by molar-refractivity contribution is 7.22. The second kappa shape index (κ2) is 10.8. The Kier molecular flexibility index (Phi) is 7.02. The minimum atomic E-state index is -0.901. The van der Waals surface area contributed by atoms with E-state index in [4.69, 9.17) is 9.47 Å². The summed E-state index contributed by atoms with van der Waals surface area (Å²) in [4.78, 5) is 38.4. The van der Waals surface area contributed by atoms with E-state index in [-0.39, 0.29) is 5.57 Å². The number of benzene rings is 3. The third-order valence-corrected chi connectivity index (χ3v) is 8.89. The van der Waals surface area contributed by atoms with Gasteiger partial charge in [0, 0.05) is 0 Å². The van der Waals surface area contributed by atoms with E-state index in [0.29, 0.717) is 44.9 Å². The third kappa shape index (κ3) is 4.96. The fourth-order valence-corrected chi connectivity index (χ4v) is 6.72. The van der Waals surface area contributed by atoms with Crippen LogP contribution in [0.25, 0.3) is 10.2 Å². The molecule has 0 saturated carbocycles. The van der Waals surface area contributed by atoms with Gasteiger partial charge in [-0.3, -0.25) is 14.5 Å². The molecule has 5 aromatic rings. The Morgan fingerprint density at radius 2 is 1.71 bits per heavy atom. The van der Waals surface area contributed by atoms with Gasteiger partial charge in [0.25, 0.3) is 5.91 Å². The second-order valence-corrected chi connectivity index (χ2v) is 11.7. The predicted molar refractivity (Wildman–Crippen MR) is 159 cm³/mol. The number of thiazole rings is 2. The highest BCUT2D eigenvalue weighted by Crippen LogP contribution is 2.45. The Labute approximate surface area is 244 Å². The topological polar surface area (TPSA) is 102 Å². The van der Waals surface area contributed by atoms with Crippen molar-refractivity contribution in [2.45, 2.75) is 26.5 Å². The second-order valence-electron chi connectivity index (χ2n) is 9.49. The van der Waals surface area contributed by atoms with Gasteiger partial charge in [0.1, 0.15) is 18.1 Å². The van der Waals surface area contributed by atoms with Crippen LogP contribution in [0.5, 0.6) is 11.5 Å². The molecule has 41 heavy (non-hydrogen) atoms. The summed E-state index contributed by atoms with van der Waals surface area (Å²) in [6.07, 6.45) is 0. The fraction of sp³-hybridized carbons (Fsp3) is 0.161. The molecule has 0 fully saturated rings. The number of rotatable bonds is 8. The summed E-state index contributed by atoms with van der Waals surface area (Å²) in [6.45, 7) is 3.96. The molecule has 206 valence electrons. The van der Waals surface area contributed by atoms with Gasteiger partial charge in [-0.2, -0.15) is 0 Å². The maximum atomic E-state index is 13.9. The van der Waals surface area contributed by atoms with E-state index in [9.17, 15) is 14.7 Å². The molecule has 1 amide bonds. The number of ether oxygens (including phenoxy) is 2. The molecule has 0 radical (unpaired) electrons. The number of carbonyl (C=O) groups excluding carboxylic acids is 2. The number of aliphatic hydroxyl groups excluding tert-OH is 1. The van der Waals surface area contributed by atoms with Gasteiger partial charge in [-0.1, -0.05) is 53.8 Å². The van der Waals surface area contributed by atoms with Gasteiger partial charge in [-0.15, -0.1) is 11.3 Å². The van der Waals surface area contributed by atoms with Crippen molar-refractivity contribution in [3.05, 3.63) is 111 Å². The Morgan fingerprint density at radius 1 is 0.976 bits per heavy atom. The van der Waals surface area contributed by atoms with Crippen molar-refractivity contribution in [3.63, 3.8) is 0 Å². The van der Waals surface area contributed by atoms with Crippen molar-refractivity contribution in [2.75, 3.05) is 12.0 Å². The predicted octanol–water partition coefficient (Wildman–Crippen LogP) is 6.74. The number of hydrogen-bond acceptors (Lipinski definition) is 9. The quantitative estimate of drug-likeness (QED) is 0.202. The van der Waals surface area contributed by atoms with E-state index in [1.54, 1.807) is 44.4 Å². The number of fused-ring (bicyclic) bond motifs is 1. The van der Waals surface area contributed by atoms with Crippen LogP contribution in [0.15, 0.2) is 84.1 Å². The summed E-state index contributed by atoms with van der Waals surface area (Å²) in [5.41, 5.74) is 2.90. The first-order chi connectivity index (χ1) is 19.8. The van der Waals surface area contributed by atoms with Gasteiger partial charge in [-0.05, 0) is 55.3 Å². The summed E-state index contributed by atoms with van der Waals surface area (Å²) >= 11 is 2.52. The largest absolute Gasteiger partial charge is 0.503 e. The first kappa shape index (κ1) is 26.7. The van der Waals surface area contributed by atoms with Crippen LogP contribution in [-0.2, 0) is 11.4 Å². The summed E-state index contributed by atoms with van der Waals surface area (Å²) in [7, 11) is 1.58. The SMILES string of the molecule is COc1ccc2nc(N3C(=O)C(O)=C(C(=O)c4sc(C)nc4C)C3c3ccc(OCc4ccccc4)cc3)sc2c1. The molecule has 1 aliphatic heterocycles. The van der Waals surface area contributed by atoms with Crippen molar-refractivity contribution >= 4 is 49.7 Å². The Balaban J connectivity index is 1.40. The van der Waals surface area contributed by atoms with E-state index in [2.05, 4.69) is 9.97 Å². The first-order valence-corrected chi connectivity index (χ1v) is 14.4. The van der Waals surface area contributed by atoms with E-state index in [1.165, 1.54) is 27.6 Å². The Hall–Kier alpha value is -4.54. The van der Waals surface area contributed by atoms with E-state index < -0.39 is 23.5 Å². The van der Waals surface area contributed by atoms with Crippen molar-refractivity contribution in [3.8, 4) is 11.5 Å². The van der Waals surface area contributed by atoms with Crippen molar-refractivity contribution in [1.29, 1.82) is 0 Å². The number of aryl methyl sites for hydroxylation is 2. The van der Waals surface area contributed by atoms with Crippen LogP contribution in [0.4, 0.5) is 5.13 Å². The average Bonchev–Trinajstić information content (AvgIpc) is 3.64. The monoisotopic (exact) mass is 583 g/mol. The molecule has 10 heteroatoms. The molecule has 6 rings (SSSR count). The van der Waals surface area contributed by atoms with Crippen LogP contribution in [0, 0.1) is 13.8 Å². The number of amides is 1. The Bertz CT molecular complexity index is 1810. The van der Waals surface area contributed by atoms with E-state index in [1.807, 2.05) is 49.4 Å². The number of ketones is 1. The minimum absolute atomic E-state index is 0.00320. The van der Waals surface area contributed by atoms with Crippen LogP contribution in [0.2, 0.25) is 0 Å². The molecular formula is C31H25N3O5S2. The van der Waals surface area contributed by atoms with Crippen LogP contribution in [0.3, 0.4) is 0 Å². The lowest BCUT2D eigenvalue weighted by atomic mass is 9.95. The average molecular weight is 584 g/mol. The highest BCUT2D eigenvalue weighted by Gasteiger charge is 2.46. The molecule has 3 heterocycles. The number of nitrogens with zero attached hydrogens (tertiary/aromatic N) is 3. The number of methoxy groups -OCH3 is 1. The number of carbonyl (C=O) groups is 2.